The summed E-state index contributed by atoms with van der Waals surface area (Å²) in [4.78, 5) is 39.6. The summed E-state index contributed by atoms with van der Waals surface area (Å²) in [5, 5.41) is 32.6. The molecule has 9 atom stereocenters. The van der Waals surface area contributed by atoms with Gasteiger partial charge in [-0.05, 0) is 66.8 Å². The predicted molar refractivity (Wildman–Crippen MR) is 129 cm³/mol. The van der Waals surface area contributed by atoms with Gasteiger partial charge in [-0.1, -0.05) is 27.7 Å². The molecule has 0 heterocycles. The monoisotopic (exact) mass is 490 g/mol. The maximum absolute atomic E-state index is 14.0. The van der Waals surface area contributed by atoms with Crippen LogP contribution in [0.5, 0.6) is 0 Å². The van der Waals surface area contributed by atoms with Crippen molar-refractivity contribution >= 4 is 17.5 Å². The SMILES string of the molecule is COC(=O)CCC(C)C1CC(=O)C2(C)C3=C(C(=O)CC12C)C1(C)CCC(O)C(C)(CO)C1CC3O. The number of methoxy groups -OCH3 is 1. The van der Waals surface area contributed by atoms with Crippen molar-refractivity contribution in [2.75, 3.05) is 13.7 Å². The van der Waals surface area contributed by atoms with Gasteiger partial charge in [0.25, 0.3) is 0 Å². The zero-order valence-corrected chi connectivity index (χ0v) is 22.0. The van der Waals surface area contributed by atoms with Gasteiger partial charge in [-0.15, -0.1) is 0 Å². The summed E-state index contributed by atoms with van der Waals surface area (Å²) in [6, 6.07) is 0. The van der Waals surface area contributed by atoms with E-state index in [0.717, 1.165) is 0 Å². The van der Waals surface area contributed by atoms with E-state index in [4.69, 9.17) is 4.74 Å². The van der Waals surface area contributed by atoms with Crippen LogP contribution in [0, 0.1) is 39.4 Å². The minimum absolute atomic E-state index is 0.0252. The number of aliphatic hydroxyl groups excluding tert-OH is 3. The van der Waals surface area contributed by atoms with Crippen LogP contribution in [0.4, 0.5) is 0 Å². The van der Waals surface area contributed by atoms with Gasteiger partial charge in [0, 0.05) is 30.3 Å². The Morgan fingerprint density at radius 3 is 2.43 bits per heavy atom. The van der Waals surface area contributed by atoms with E-state index in [9.17, 15) is 29.7 Å². The van der Waals surface area contributed by atoms with Crippen molar-refractivity contribution in [1.82, 2.24) is 0 Å². The van der Waals surface area contributed by atoms with Crippen molar-refractivity contribution in [2.24, 2.45) is 39.4 Å². The summed E-state index contributed by atoms with van der Waals surface area (Å²) in [7, 11) is 1.36. The number of hydrogen-bond donors (Lipinski definition) is 3. The van der Waals surface area contributed by atoms with Crippen molar-refractivity contribution in [1.29, 1.82) is 0 Å². The van der Waals surface area contributed by atoms with Gasteiger partial charge in [-0.25, -0.2) is 0 Å². The van der Waals surface area contributed by atoms with E-state index in [1.807, 2.05) is 34.6 Å². The largest absolute Gasteiger partial charge is 0.469 e. The number of hydrogen-bond acceptors (Lipinski definition) is 7. The first-order valence-electron chi connectivity index (χ1n) is 13.1. The summed E-state index contributed by atoms with van der Waals surface area (Å²) in [5.74, 6) is -0.588. The van der Waals surface area contributed by atoms with Crippen molar-refractivity contribution in [2.45, 2.75) is 91.8 Å². The lowest BCUT2D eigenvalue weighted by Gasteiger charge is -2.62. The van der Waals surface area contributed by atoms with Gasteiger partial charge in [-0.3, -0.25) is 14.4 Å². The minimum Gasteiger partial charge on any atom is -0.469 e. The number of carbonyl (C=O) groups excluding carboxylic acids is 3. The van der Waals surface area contributed by atoms with Crippen LogP contribution in [0.15, 0.2) is 11.1 Å². The number of carbonyl (C=O) groups is 3. The van der Waals surface area contributed by atoms with Crippen molar-refractivity contribution < 1.29 is 34.4 Å². The maximum atomic E-state index is 14.0. The minimum atomic E-state index is -0.985. The molecule has 0 amide bonds. The Hall–Kier alpha value is -1.57. The molecule has 0 radical (unpaired) electrons. The first kappa shape index (κ1) is 26.5. The fourth-order valence-electron chi connectivity index (χ4n) is 8.80. The summed E-state index contributed by atoms with van der Waals surface area (Å²) in [6.45, 7) is 9.61. The van der Waals surface area contributed by atoms with Gasteiger partial charge in [0.2, 0.25) is 0 Å². The third-order valence-corrected chi connectivity index (χ3v) is 11.2. The van der Waals surface area contributed by atoms with Gasteiger partial charge in [-0.2, -0.15) is 0 Å². The topological polar surface area (TPSA) is 121 Å². The van der Waals surface area contributed by atoms with E-state index in [0.29, 0.717) is 43.3 Å². The van der Waals surface area contributed by atoms with E-state index in [1.54, 1.807) is 0 Å². The van der Waals surface area contributed by atoms with Gasteiger partial charge >= 0.3 is 5.97 Å². The highest BCUT2D eigenvalue weighted by atomic mass is 16.5. The smallest absolute Gasteiger partial charge is 0.305 e. The molecule has 4 rings (SSSR count). The molecular formula is C28H42O7. The van der Waals surface area contributed by atoms with Crippen LogP contribution in [-0.4, -0.2) is 58.8 Å². The number of allylic oxidation sites excluding steroid dienone is 1. The molecule has 0 aliphatic heterocycles. The van der Waals surface area contributed by atoms with Crippen LogP contribution in [0.1, 0.15) is 79.6 Å². The second-order valence-electron chi connectivity index (χ2n) is 12.7. The molecule has 7 heteroatoms. The lowest BCUT2D eigenvalue weighted by Crippen LogP contribution is -2.62. The molecule has 0 spiro atoms. The molecule has 35 heavy (non-hydrogen) atoms. The van der Waals surface area contributed by atoms with Gasteiger partial charge in [0.1, 0.15) is 5.78 Å². The Morgan fingerprint density at radius 1 is 1.17 bits per heavy atom. The standard InChI is InChI=1S/C28H42O7/c1-15(7-8-22(34)35-6)16-11-21(33)28(5)24-17(30)12-19-25(2,10-9-20(32)26(19,3)14-29)23(24)18(31)13-27(16,28)4/h15-17,19-20,29-30,32H,7-14H2,1-6H3. The van der Waals surface area contributed by atoms with Crippen molar-refractivity contribution in [3.05, 3.63) is 11.1 Å². The Labute approximate surface area is 208 Å². The van der Waals surface area contributed by atoms with Crippen LogP contribution >= 0.6 is 0 Å². The number of fused-ring (bicyclic) bond motifs is 4. The highest BCUT2D eigenvalue weighted by Gasteiger charge is 2.70. The molecule has 0 bridgehead atoms. The van der Waals surface area contributed by atoms with E-state index in [-0.39, 0.29) is 54.7 Å². The number of ether oxygens (including phenoxy) is 1. The number of rotatable bonds is 5. The van der Waals surface area contributed by atoms with Crippen LogP contribution in [0.25, 0.3) is 0 Å². The molecule has 0 aromatic heterocycles. The summed E-state index contributed by atoms with van der Waals surface area (Å²) < 4.78 is 4.80. The van der Waals surface area contributed by atoms with E-state index >= 15 is 0 Å². The lowest BCUT2D eigenvalue weighted by atomic mass is 9.42. The molecule has 4 aliphatic carbocycles. The number of esters is 1. The molecule has 0 aromatic rings. The molecule has 196 valence electrons. The molecule has 2 fully saturated rings. The molecule has 9 unspecified atom stereocenters. The predicted octanol–water partition coefficient (Wildman–Crippen LogP) is 2.99. The summed E-state index contributed by atoms with van der Waals surface area (Å²) in [6.07, 6.45) is 1.01. The lowest BCUT2D eigenvalue weighted by molar-refractivity contribution is -0.151. The third-order valence-electron chi connectivity index (χ3n) is 11.2. The number of Topliss-reactive ketones (excluding diaryl/α,β-unsaturated/α-hetero) is 2. The zero-order valence-electron chi connectivity index (χ0n) is 22.0. The van der Waals surface area contributed by atoms with Gasteiger partial charge in [0.15, 0.2) is 5.78 Å². The zero-order chi connectivity index (χ0) is 26.1. The van der Waals surface area contributed by atoms with Crippen molar-refractivity contribution in [3.63, 3.8) is 0 Å². The molecule has 2 saturated carbocycles. The van der Waals surface area contributed by atoms with Crippen LogP contribution in [0.3, 0.4) is 0 Å². The molecular weight excluding hydrogens is 448 g/mol. The van der Waals surface area contributed by atoms with E-state index < -0.39 is 33.9 Å². The number of aliphatic hydroxyl groups is 3. The summed E-state index contributed by atoms with van der Waals surface area (Å²) in [5.41, 5.74) is -1.93. The second-order valence-corrected chi connectivity index (χ2v) is 12.7. The molecule has 0 saturated heterocycles. The quantitative estimate of drug-likeness (QED) is 0.507. The maximum Gasteiger partial charge on any atom is 0.305 e. The molecule has 0 aromatic carbocycles. The Bertz CT molecular complexity index is 970. The first-order chi connectivity index (χ1) is 16.2. The Kier molecular flexibility index (Phi) is 6.43. The molecule has 7 nitrogen and oxygen atoms in total. The Balaban J connectivity index is 1.82. The van der Waals surface area contributed by atoms with E-state index in [1.165, 1.54) is 7.11 Å². The van der Waals surface area contributed by atoms with Gasteiger partial charge in [0.05, 0.1) is 31.3 Å². The Morgan fingerprint density at radius 2 is 1.83 bits per heavy atom. The van der Waals surface area contributed by atoms with Crippen LogP contribution in [-0.2, 0) is 19.1 Å². The normalized spacial score (nSPS) is 46.1. The molecule has 3 N–H and O–H groups in total. The van der Waals surface area contributed by atoms with Crippen molar-refractivity contribution in [3.8, 4) is 0 Å². The second kappa shape index (κ2) is 8.49. The first-order valence-corrected chi connectivity index (χ1v) is 13.1. The fourth-order valence-corrected chi connectivity index (χ4v) is 8.80. The summed E-state index contributed by atoms with van der Waals surface area (Å²) >= 11 is 0. The highest BCUT2D eigenvalue weighted by Crippen LogP contribution is 2.70. The number of ketones is 2. The van der Waals surface area contributed by atoms with Crippen LogP contribution in [0.2, 0.25) is 0 Å². The third kappa shape index (κ3) is 3.37. The highest BCUT2D eigenvalue weighted by molar-refractivity contribution is 6.05. The fraction of sp³-hybridized carbons (Fsp3) is 0.821. The average molecular weight is 491 g/mol. The van der Waals surface area contributed by atoms with Gasteiger partial charge < -0.3 is 20.1 Å². The van der Waals surface area contributed by atoms with E-state index in [2.05, 4.69) is 0 Å². The van der Waals surface area contributed by atoms with Crippen LogP contribution < -0.4 is 0 Å². The average Bonchev–Trinajstić information content (AvgIpc) is 3.02. The molecule has 4 aliphatic rings.